The number of hydrogen-bond donors (Lipinski definition) is 0. The summed E-state index contributed by atoms with van der Waals surface area (Å²) in [6.07, 6.45) is 5.76. The molecular formula is C17H26N4O4S. The number of piperidine rings is 1. The second kappa shape index (κ2) is 6.37. The Morgan fingerprint density at radius 1 is 1.31 bits per heavy atom. The molecule has 2 atom stereocenters. The van der Waals surface area contributed by atoms with Crippen molar-refractivity contribution in [3.63, 3.8) is 0 Å². The molecule has 1 spiro atoms. The molecule has 1 aromatic rings. The molecule has 2 aliphatic rings. The maximum atomic E-state index is 12.7. The van der Waals surface area contributed by atoms with Crippen LogP contribution in [-0.4, -0.2) is 58.9 Å². The van der Waals surface area contributed by atoms with Gasteiger partial charge >= 0.3 is 6.09 Å². The van der Waals surface area contributed by atoms with Gasteiger partial charge in [-0.15, -0.1) is 0 Å². The van der Waals surface area contributed by atoms with E-state index in [4.69, 9.17) is 4.74 Å². The Labute approximate surface area is 154 Å². The second-order valence-corrected chi connectivity index (χ2v) is 10.0. The Hall–Kier alpha value is -1.90. The van der Waals surface area contributed by atoms with Gasteiger partial charge in [-0.3, -0.25) is 4.98 Å². The Bertz CT molecular complexity index is 778. The van der Waals surface area contributed by atoms with E-state index in [1.165, 1.54) is 22.9 Å². The maximum absolute atomic E-state index is 12.7. The lowest BCUT2D eigenvalue weighted by molar-refractivity contribution is 0.00544. The molecule has 0 aromatic carbocycles. The first-order chi connectivity index (χ1) is 12.0. The maximum Gasteiger partial charge on any atom is 0.410 e. The van der Waals surface area contributed by atoms with Crippen LogP contribution in [-0.2, 0) is 14.8 Å². The average Bonchev–Trinajstić information content (AvgIpc) is 2.77. The van der Waals surface area contributed by atoms with Gasteiger partial charge < -0.3 is 9.64 Å². The lowest BCUT2D eigenvalue weighted by Crippen LogP contribution is -2.58. The van der Waals surface area contributed by atoms with E-state index in [1.54, 1.807) is 4.90 Å². The summed E-state index contributed by atoms with van der Waals surface area (Å²) in [7, 11) is -3.44. The molecule has 0 saturated carbocycles. The normalized spacial score (nSPS) is 28.4. The molecule has 3 heterocycles. The van der Waals surface area contributed by atoms with E-state index in [1.807, 2.05) is 27.7 Å². The number of likely N-dealkylation sites (tertiary alicyclic amines) is 1. The van der Waals surface area contributed by atoms with Crippen molar-refractivity contribution in [3.05, 3.63) is 18.6 Å². The first-order valence-electron chi connectivity index (χ1n) is 8.83. The number of hydrogen-bond acceptors (Lipinski definition) is 6. The smallest absolute Gasteiger partial charge is 0.410 e. The molecule has 0 aliphatic carbocycles. The van der Waals surface area contributed by atoms with E-state index in [-0.39, 0.29) is 17.9 Å². The third-order valence-corrected chi connectivity index (χ3v) is 6.80. The molecule has 1 aromatic heterocycles. The van der Waals surface area contributed by atoms with Crippen molar-refractivity contribution in [1.82, 2.24) is 14.9 Å². The van der Waals surface area contributed by atoms with Gasteiger partial charge in [0.15, 0.2) is 5.82 Å². The van der Waals surface area contributed by atoms with E-state index in [2.05, 4.69) is 9.97 Å². The summed E-state index contributed by atoms with van der Waals surface area (Å²) in [5, 5.41) is 0. The molecule has 0 radical (unpaired) electrons. The molecule has 2 fully saturated rings. The van der Waals surface area contributed by atoms with Crippen molar-refractivity contribution in [2.24, 2.45) is 0 Å². The van der Waals surface area contributed by atoms with Gasteiger partial charge in [0.2, 0.25) is 10.0 Å². The number of nitrogens with zero attached hydrogens (tertiary/aromatic N) is 4. The summed E-state index contributed by atoms with van der Waals surface area (Å²) in [5.74, 6) is 0.436. The van der Waals surface area contributed by atoms with Crippen LogP contribution in [0.4, 0.5) is 10.6 Å². The third-order valence-electron chi connectivity index (χ3n) is 4.95. The first-order valence-corrected chi connectivity index (χ1v) is 10.4. The van der Waals surface area contributed by atoms with Crippen molar-refractivity contribution in [1.29, 1.82) is 0 Å². The standard InChI is InChI=1S/C17H26N4O4S/c1-13-11-17(5-9-20(13)15(22)25-16(2,3)4)6-10-26(23,24)21(17)14-12-18-7-8-19-14/h7-8,12-13H,5-6,9-11H2,1-4H3/t13-,17-/m0/s1. The number of sulfonamides is 1. The summed E-state index contributed by atoms with van der Waals surface area (Å²) in [6, 6.07) is -0.133. The topological polar surface area (TPSA) is 92.7 Å². The van der Waals surface area contributed by atoms with Gasteiger partial charge in [0.25, 0.3) is 0 Å². The van der Waals surface area contributed by atoms with E-state index < -0.39 is 21.2 Å². The van der Waals surface area contributed by atoms with Crippen LogP contribution in [0.15, 0.2) is 18.6 Å². The summed E-state index contributed by atoms with van der Waals surface area (Å²) in [4.78, 5) is 22.4. The van der Waals surface area contributed by atoms with Crippen LogP contribution in [0.3, 0.4) is 0 Å². The summed E-state index contributed by atoms with van der Waals surface area (Å²) in [6.45, 7) is 7.88. The largest absolute Gasteiger partial charge is 0.444 e. The van der Waals surface area contributed by atoms with E-state index in [0.29, 0.717) is 31.6 Å². The summed E-state index contributed by atoms with van der Waals surface area (Å²) < 4.78 is 32.3. The fourth-order valence-electron chi connectivity index (χ4n) is 3.90. The van der Waals surface area contributed by atoms with Crippen LogP contribution in [0.25, 0.3) is 0 Å². The molecule has 1 amide bonds. The molecule has 3 rings (SSSR count). The van der Waals surface area contributed by atoms with Crippen molar-refractivity contribution in [2.75, 3.05) is 16.6 Å². The van der Waals surface area contributed by atoms with Gasteiger partial charge in [-0.2, -0.15) is 0 Å². The lowest BCUT2D eigenvalue weighted by atomic mass is 9.81. The average molecular weight is 382 g/mol. The van der Waals surface area contributed by atoms with Gasteiger partial charge in [0, 0.05) is 25.0 Å². The van der Waals surface area contributed by atoms with E-state index >= 15 is 0 Å². The third kappa shape index (κ3) is 3.49. The van der Waals surface area contributed by atoms with Crippen LogP contribution < -0.4 is 4.31 Å². The lowest BCUT2D eigenvalue weighted by Gasteiger charge is -2.47. The Kier molecular flexibility index (Phi) is 4.62. The zero-order valence-corrected chi connectivity index (χ0v) is 16.5. The number of anilines is 1. The SMILES string of the molecule is C[C@H]1C[C@]2(CCN1C(=O)OC(C)(C)C)CCS(=O)(=O)N2c1cnccn1. The number of amides is 1. The highest BCUT2D eigenvalue weighted by atomic mass is 32.2. The Morgan fingerprint density at radius 2 is 2.04 bits per heavy atom. The fourth-order valence-corrected chi connectivity index (χ4v) is 5.95. The van der Waals surface area contributed by atoms with Gasteiger partial charge in [0.1, 0.15) is 5.60 Å². The Balaban J connectivity index is 1.85. The van der Waals surface area contributed by atoms with Crippen molar-refractivity contribution in [3.8, 4) is 0 Å². The zero-order chi connectivity index (χ0) is 19.2. The molecular weight excluding hydrogens is 356 g/mol. The number of aromatic nitrogens is 2. The molecule has 0 N–H and O–H groups in total. The van der Waals surface area contributed by atoms with Crippen LogP contribution >= 0.6 is 0 Å². The molecule has 0 bridgehead atoms. The van der Waals surface area contributed by atoms with Crippen molar-refractivity contribution in [2.45, 2.75) is 64.1 Å². The minimum Gasteiger partial charge on any atom is -0.444 e. The highest BCUT2D eigenvalue weighted by Gasteiger charge is 2.54. The molecule has 8 nitrogen and oxygen atoms in total. The highest BCUT2D eigenvalue weighted by molar-refractivity contribution is 7.93. The quantitative estimate of drug-likeness (QED) is 0.739. The van der Waals surface area contributed by atoms with Gasteiger partial charge in [-0.1, -0.05) is 0 Å². The number of ether oxygens (including phenoxy) is 1. The van der Waals surface area contributed by atoms with Crippen molar-refractivity contribution < 1.29 is 17.9 Å². The number of carbonyl (C=O) groups is 1. The van der Waals surface area contributed by atoms with Gasteiger partial charge in [0.05, 0.1) is 17.5 Å². The molecule has 9 heteroatoms. The van der Waals surface area contributed by atoms with Gasteiger partial charge in [-0.05, 0) is 47.0 Å². The molecule has 144 valence electrons. The Morgan fingerprint density at radius 3 is 2.62 bits per heavy atom. The zero-order valence-electron chi connectivity index (χ0n) is 15.7. The van der Waals surface area contributed by atoms with Crippen LogP contribution in [0.5, 0.6) is 0 Å². The summed E-state index contributed by atoms with van der Waals surface area (Å²) >= 11 is 0. The highest BCUT2D eigenvalue weighted by Crippen LogP contribution is 2.44. The fraction of sp³-hybridized carbons (Fsp3) is 0.706. The molecule has 2 aliphatic heterocycles. The number of carbonyl (C=O) groups excluding carboxylic acids is 1. The predicted molar refractivity (Wildman–Crippen MR) is 97.3 cm³/mol. The minimum absolute atomic E-state index is 0.0860. The van der Waals surface area contributed by atoms with Gasteiger partial charge in [-0.25, -0.2) is 22.5 Å². The first kappa shape index (κ1) is 18.9. The molecule has 0 unspecified atom stereocenters. The van der Waals surface area contributed by atoms with Crippen LogP contribution in [0.2, 0.25) is 0 Å². The van der Waals surface area contributed by atoms with Crippen LogP contribution in [0.1, 0.15) is 47.0 Å². The van der Waals surface area contributed by atoms with E-state index in [0.717, 1.165) is 0 Å². The second-order valence-electron chi connectivity index (χ2n) is 8.10. The predicted octanol–water partition coefficient (Wildman–Crippen LogP) is 2.17. The molecule has 2 saturated heterocycles. The summed E-state index contributed by atoms with van der Waals surface area (Å²) in [5.41, 5.74) is -1.12. The molecule has 26 heavy (non-hydrogen) atoms. The van der Waals surface area contributed by atoms with E-state index in [9.17, 15) is 13.2 Å². The van der Waals surface area contributed by atoms with Crippen molar-refractivity contribution >= 4 is 21.9 Å². The monoisotopic (exact) mass is 382 g/mol. The van der Waals surface area contributed by atoms with Crippen LogP contribution in [0, 0.1) is 0 Å². The number of rotatable bonds is 1. The minimum atomic E-state index is -3.44.